The monoisotopic (exact) mass is 320 g/mol. The number of amides is 1. The summed E-state index contributed by atoms with van der Waals surface area (Å²) in [6.45, 7) is 0.731. The van der Waals surface area contributed by atoms with Crippen LogP contribution in [0, 0.1) is 0 Å². The molecule has 1 unspecified atom stereocenters. The van der Waals surface area contributed by atoms with Crippen LogP contribution in [0.2, 0.25) is 5.02 Å². The minimum absolute atomic E-state index is 0.0115. The van der Waals surface area contributed by atoms with E-state index in [-0.39, 0.29) is 16.6 Å². The Kier molecular flexibility index (Phi) is 5.11. The van der Waals surface area contributed by atoms with Gasteiger partial charge in [-0.25, -0.2) is 0 Å². The average Bonchev–Trinajstić information content (AvgIpc) is 2.68. The smallest absolute Gasteiger partial charge is 0.323 e. The maximum atomic E-state index is 12.7. The van der Waals surface area contributed by atoms with Crippen molar-refractivity contribution in [1.29, 1.82) is 0 Å². The van der Waals surface area contributed by atoms with E-state index in [1.165, 1.54) is 0 Å². The zero-order chi connectivity index (χ0) is 15.5. The fraction of sp³-hybridized carbons (Fsp3) is 0.500. The SMILES string of the molecule is O=C(Nc1cc(C(F)(F)F)ccc1Cl)C1CCCCCN1. The third-order valence-electron chi connectivity index (χ3n) is 3.43. The molecule has 0 aliphatic carbocycles. The number of benzene rings is 1. The molecule has 21 heavy (non-hydrogen) atoms. The maximum Gasteiger partial charge on any atom is 0.416 e. The fourth-order valence-electron chi connectivity index (χ4n) is 2.27. The van der Waals surface area contributed by atoms with Gasteiger partial charge in [-0.1, -0.05) is 24.4 Å². The summed E-state index contributed by atoms with van der Waals surface area (Å²) in [5.41, 5.74) is -0.849. The summed E-state index contributed by atoms with van der Waals surface area (Å²) in [6.07, 6.45) is -0.844. The lowest BCUT2D eigenvalue weighted by Crippen LogP contribution is -2.39. The second kappa shape index (κ2) is 6.66. The van der Waals surface area contributed by atoms with Crippen LogP contribution in [-0.4, -0.2) is 18.5 Å². The van der Waals surface area contributed by atoms with Crippen LogP contribution < -0.4 is 10.6 Å². The van der Waals surface area contributed by atoms with Crippen LogP contribution in [0.15, 0.2) is 18.2 Å². The van der Waals surface area contributed by atoms with Gasteiger partial charge in [-0.3, -0.25) is 4.79 Å². The number of nitrogens with one attached hydrogen (secondary N) is 2. The molecule has 2 N–H and O–H groups in total. The Bertz CT molecular complexity index is 511. The highest BCUT2D eigenvalue weighted by Gasteiger charge is 2.31. The topological polar surface area (TPSA) is 41.1 Å². The molecule has 1 aromatic rings. The van der Waals surface area contributed by atoms with Crippen molar-refractivity contribution in [2.24, 2.45) is 0 Å². The highest BCUT2D eigenvalue weighted by molar-refractivity contribution is 6.33. The second-order valence-corrected chi connectivity index (χ2v) is 5.44. The minimum atomic E-state index is -4.47. The first-order valence-electron chi connectivity index (χ1n) is 6.79. The number of hydrogen-bond acceptors (Lipinski definition) is 2. The largest absolute Gasteiger partial charge is 0.416 e. The quantitative estimate of drug-likeness (QED) is 0.869. The molecule has 0 bridgehead atoms. The van der Waals surface area contributed by atoms with Crippen LogP contribution in [0.4, 0.5) is 18.9 Å². The van der Waals surface area contributed by atoms with Crippen LogP contribution in [0.5, 0.6) is 0 Å². The van der Waals surface area contributed by atoms with Gasteiger partial charge < -0.3 is 10.6 Å². The Morgan fingerprint density at radius 3 is 2.76 bits per heavy atom. The highest BCUT2D eigenvalue weighted by Crippen LogP contribution is 2.33. The van der Waals surface area contributed by atoms with Crippen LogP contribution >= 0.6 is 11.6 Å². The molecule has 2 rings (SSSR count). The van der Waals surface area contributed by atoms with Crippen molar-refractivity contribution in [2.45, 2.75) is 37.9 Å². The van der Waals surface area contributed by atoms with Gasteiger partial charge in [0.2, 0.25) is 5.91 Å². The lowest BCUT2D eigenvalue weighted by atomic mass is 10.1. The highest BCUT2D eigenvalue weighted by atomic mass is 35.5. The first-order chi connectivity index (χ1) is 9.88. The molecule has 1 aliphatic rings. The average molecular weight is 321 g/mol. The lowest BCUT2D eigenvalue weighted by molar-refractivity contribution is -0.137. The number of carbonyl (C=O) groups is 1. The van der Waals surface area contributed by atoms with E-state index in [9.17, 15) is 18.0 Å². The molecule has 1 fully saturated rings. The lowest BCUT2D eigenvalue weighted by Gasteiger charge is -2.17. The summed E-state index contributed by atoms with van der Waals surface area (Å²) in [5.74, 6) is -0.349. The van der Waals surface area contributed by atoms with Crippen molar-refractivity contribution in [3.8, 4) is 0 Å². The van der Waals surface area contributed by atoms with Gasteiger partial charge in [-0.2, -0.15) is 13.2 Å². The zero-order valence-electron chi connectivity index (χ0n) is 11.3. The van der Waals surface area contributed by atoms with E-state index in [1.807, 2.05) is 0 Å². The molecule has 0 aromatic heterocycles. The van der Waals surface area contributed by atoms with Gasteiger partial charge in [0.15, 0.2) is 0 Å². The molecule has 1 aromatic carbocycles. The van der Waals surface area contributed by atoms with Crippen molar-refractivity contribution < 1.29 is 18.0 Å². The van der Waals surface area contributed by atoms with Gasteiger partial charge in [0, 0.05) is 0 Å². The molecule has 7 heteroatoms. The molecular weight excluding hydrogens is 305 g/mol. The van der Waals surface area contributed by atoms with E-state index in [4.69, 9.17) is 11.6 Å². The second-order valence-electron chi connectivity index (χ2n) is 5.04. The molecule has 1 aliphatic heterocycles. The number of hydrogen-bond donors (Lipinski definition) is 2. The van der Waals surface area contributed by atoms with E-state index in [0.717, 1.165) is 44.0 Å². The normalized spacial score (nSPS) is 19.9. The van der Waals surface area contributed by atoms with Crippen molar-refractivity contribution >= 4 is 23.2 Å². The van der Waals surface area contributed by atoms with E-state index < -0.39 is 17.8 Å². The third kappa shape index (κ3) is 4.35. The first-order valence-corrected chi connectivity index (χ1v) is 7.17. The molecular formula is C14H16ClF3N2O. The Morgan fingerprint density at radius 2 is 2.05 bits per heavy atom. The minimum Gasteiger partial charge on any atom is -0.323 e. The summed E-state index contributed by atoms with van der Waals surface area (Å²) in [4.78, 5) is 12.1. The molecule has 0 radical (unpaired) electrons. The molecule has 1 heterocycles. The van der Waals surface area contributed by atoms with E-state index >= 15 is 0 Å². The Balaban J connectivity index is 2.12. The number of rotatable bonds is 2. The fourth-order valence-corrected chi connectivity index (χ4v) is 2.43. The number of anilines is 1. The van der Waals surface area contributed by atoms with E-state index in [0.29, 0.717) is 6.42 Å². The molecule has 1 saturated heterocycles. The predicted octanol–water partition coefficient (Wildman–Crippen LogP) is 3.83. The predicted molar refractivity (Wildman–Crippen MR) is 75.3 cm³/mol. The summed E-state index contributed by atoms with van der Waals surface area (Å²) in [5, 5.41) is 5.66. The standard InChI is InChI=1S/C14H16ClF3N2O/c15-10-6-5-9(14(16,17)18)8-12(10)20-13(21)11-4-2-1-3-7-19-11/h5-6,8,11,19H,1-4,7H2,(H,20,21). The first kappa shape index (κ1) is 16.1. The molecule has 1 amide bonds. The van der Waals surface area contributed by atoms with Gasteiger partial charge in [0.1, 0.15) is 0 Å². The number of carbonyl (C=O) groups excluding carboxylic acids is 1. The number of alkyl halides is 3. The third-order valence-corrected chi connectivity index (χ3v) is 3.76. The molecule has 1 atom stereocenters. The molecule has 3 nitrogen and oxygen atoms in total. The summed E-state index contributed by atoms with van der Waals surface area (Å²) in [7, 11) is 0. The molecule has 116 valence electrons. The van der Waals surface area contributed by atoms with E-state index in [1.54, 1.807) is 0 Å². The Labute approximate surface area is 125 Å². The van der Waals surface area contributed by atoms with Crippen molar-refractivity contribution in [2.75, 3.05) is 11.9 Å². The van der Waals surface area contributed by atoms with Crippen LogP contribution in [0.25, 0.3) is 0 Å². The molecule has 0 saturated carbocycles. The van der Waals surface area contributed by atoms with Crippen LogP contribution in [-0.2, 0) is 11.0 Å². The van der Waals surface area contributed by atoms with Crippen LogP contribution in [0.1, 0.15) is 31.2 Å². The van der Waals surface area contributed by atoms with Gasteiger partial charge in [0.25, 0.3) is 0 Å². The van der Waals surface area contributed by atoms with Crippen molar-refractivity contribution in [3.05, 3.63) is 28.8 Å². The van der Waals surface area contributed by atoms with Gasteiger partial charge in [-0.15, -0.1) is 0 Å². The van der Waals surface area contributed by atoms with Gasteiger partial charge in [-0.05, 0) is 37.6 Å². The van der Waals surface area contributed by atoms with Gasteiger partial charge in [0.05, 0.1) is 22.3 Å². The van der Waals surface area contributed by atoms with Crippen molar-refractivity contribution in [1.82, 2.24) is 5.32 Å². The van der Waals surface area contributed by atoms with E-state index in [2.05, 4.69) is 10.6 Å². The zero-order valence-corrected chi connectivity index (χ0v) is 12.0. The Hall–Kier alpha value is -1.27. The summed E-state index contributed by atoms with van der Waals surface area (Å²) in [6, 6.07) is 2.50. The summed E-state index contributed by atoms with van der Waals surface area (Å²) < 4.78 is 38.0. The maximum absolute atomic E-state index is 12.7. The summed E-state index contributed by atoms with van der Waals surface area (Å²) >= 11 is 5.86. The molecule has 0 spiro atoms. The number of halogens is 4. The van der Waals surface area contributed by atoms with Gasteiger partial charge >= 0.3 is 6.18 Å². The van der Waals surface area contributed by atoms with Crippen LogP contribution in [0.3, 0.4) is 0 Å². The Morgan fingerprint density at radius 1 is 1.29 bits per heavy atom. The van der Waals surface area contributed by atoms with Crippen molar-refractivity contribution in [3.63, 3.8) is 0 Å².